The van der Waals surface area contributed by atoms with Gasteiger partial charge in [-0.1, -0.05) is 79.8 Å². The van der Waals surface area contributed by atoms with E-state index < -0.39 is 36.0 Å². The van der Waals surface area contributed by atoms with E-state index in [0.717, 1.165) is 38.5 Å². The summed E-state index contributed by atoms with van der Waals surface area (Å²) in [7, 11) is 1.17. The van der Waals surface area contributed by atoms with Crippen molar-refractivity contribution in [2.75, 3.05) is 7.11 Å². The fourth-order valence-electron chi connectivity index (χ4n) is 3.80. The molecule has 1 rings (SSSR count). The van der Waals surface area contributed by atoms with E-state index >= 15 is 0 Å². The van der Waals surface area contributed by atoms with E-state index in [1.165, 1.54) is 39.4 Å². The second-order valence-electron chi connectivity index (χ2n) is 10.1. The number of ether oxygens (including phenoxy) is 2. The Morgan fingerprint density at radius 2 is 1.31 bits per heavy atom. The quantitative estimate of drug-likeness (QED) is 0.123. The third-order valence-electron chi connectivity index (χ3n) is 6.30. The molecule has 9 heteroatoms. The van der Waals surface area contributed by atoms with Crippen LogP contribution in [0.15, 0.2) is 97.4 Å². The molecular weight excluding hydrogens is 570 g/mol. The Labute approximate surface area is 268 Å². The van der Waals surface area contributed by atoms with Crippen LogP contribution < -0.4 is 10.6 Å². The van der Waals surface area contributed by atoms with Crippen LogP contribution in [0.3, 0.4) is 0 Å². The van der Waals surface area contributed by atoms with Crippen molar-refractivity contribution >= 4 is 23.8 Å². The number of hydrogen-bond acceptors (Lipinski definition) is 7. The average molecular weight is 620 g/mol. The summed E-state index contributed by atoms with van der Waals surface area (Å²) in [5, 5.41) is 5.11. The number of nitrogens with one attached hydrogen (secondary N) is 2. The maximum atomic E-state index is 12.6. The van der Waals surface area contributed by atoms with Crippen molar-refractivity contribution in [1.29, 1.82) is 0 Å². The fourth-order valence-corrected chi connectivity index (χ4v) is 3.80. The Morgan fingerprint density at radius 3 is 1.80 bits per heavy atom. The van der Waals surface area contributed by atoms with Crippen LogP contribution in [0, 0.1) is 0 Å². The second-order valence-corrected chi connectivity index (χ2v) is 10.1. The lowest BCUT2D eigenvalue weighted by Gasteiger charge is -2.24. The summed E-state index contributed by atoms with van der Waals surface area (Å²) in [6.07, 6.45) is 33.6. The van der Waals surface area contributed by atoms with Crippen molar-refractivity contribution in [1.82, 2.24) is 15.6 Å². The fraction of sp³-hybridized carbons (Fsp3) is 0.417. The number of carbonyl (C=O) groups excluding carboxylic acids is 4. The molecule has 1 aromatic heterocycles. The summed E-state index contributed by atoms with van der Waals surface area (Å²) in [6.45, 7) is 5.08. The minimum Gasteiger partial charge on any atom is -0.467 e. The molecule has 0 aromatic carbocycles. The lowest BCUT2D eigenvalue weighted by Crippen LogP contribution is -2.51. The van der Waals surface area contributed by atoms with E-state index in [1.807, 2.05) is 12.2 Å². The minimum atomic E-state index is -1.25. The third kappa shape index (κ3) is 18.7. The first-order chi connectivity index (χ1) is 21.8. The zero-order chi connectivity index (χ0) is 33.1. The molecule has 45 heavy (non-hydrogen) atoms. The van der Waals surface area contributed by atoms with E-state index in [-0.39, 0.29) is 17.9 Å². The van der Waals surface area contributed by atoms with Gasteiger partial charge in [0.1, 0.15) is 12.1 Å². The van der Waals surface area contributed by atoms with Crippen LogP contribution in [0.25, 0.3) is 0 Å². The zero-order valence-corrected chi connectivity index (χ0v) is 27.0. The van der Waals surface area contributed by atoms with Gasteiger partial charge in [-0.2, -0.15) is 0 Å². The Balaban J connectivity index is 2.28. The molecule has 9 nitrogen and oxygen atoms in total. The predicted octanol–water partition coefficient (Wildman–Crippen LogP) is 6.27. The summed E-state index contributed by atoms with van der Waals surface area (Å²) in [4.78, 5) is 53.5. The van der Waals surface area contributed by atoms with Crippen molar-refractivity contribution < 1.29 is 28.7 Å². The van der Waals surface area contributed by atoms with Gasteiger partial charge >= 0.3 is 11.9 Å². The van der Waals surface area contributed by atoms with Crippen LogP contribution in [-0.4, -0.2) is 54.0 Å². The number of hydrogen-bond donors (Lipinski definition) is 2. The minimum absolute atomic E-state index is 0.210. The van der Waals surface area contributed by atoms with E-state index in [9.17, 15) is 19.2 Å². The number of carbonyl (C=O) groups is 4. The van der Waals surface area contributed by atoms with Gasteiger partial charge in [-0.25, -0.2) is 9.59 Å². The van der Waals surface area contributed by atoms with Crippen LogP contribution in [0.2, 0.25) is 0 Å². The van der Waals surface area contributed by atoms with Gasteiger partial charge in [0.25, 0.3) is 5.91 Å². The summed E-state index contributed by atoms with van der Waals surface area (Å²) in [5.74, 6) is -2.40. The van der Waals surface area contributed by atoms with Gasteiger partial charge in [-0.15, -0.1) is 0 Å². The van der Waals surface area contributed by atoms with Crippen molar-refractivity contribution in [3.8, 4) is 0 Å². The first-order valence-electron chi connectivity index (χ1n) is 15.5. The number of amides is 2. The molecule has 0 unspecified atom stereocenters. The van der Waals surface area contributed by atoms with Crippen molar-refractivity contribution in [3.63, 3.8) is 0 Å². The van der Waals surface area contributed by atoms with Gasteiger partial charge in [-0.3, -0.25) is 14.6 Å². The Kier molecular flexibility index (Phi) is 21.3. The Hall–Kier alpha value is -4.53. The smallest absolute Gasteiger partial charge is 0.332 e. The highest BCUT2D eigenvalue weighted by Gasteiger charge is 2.32. The second kappa shape index (κ2) is 24.9. The van der Waals surface area contributed by atoms with Crippen molar-refractivity contribution in [3.05, 3.63) is 103 Å². The molecule has 0 saturated carbocycles. The van der Waals surface area contributed by atoms with Crippen LogP contribution >= 0.6 is 0 Å². The average Bonchev–Trinajstić information content (AvgIpc) is 3.04. The first kappa shape index (κ1) is 38.5. The Morgan fingerprint density at radius 1 is 0.778 bits per heavy atom. The van der Waals surface area contributed by atoms with E-state index in [4.69, 9.17) is 9.47 Å². The highest BCUT2D eigenvalue weighted by molar-refractivity contribution is 5.96. The molecule has 0 aliphatic carbocycles. The third-order valence-corrected chi connectivity index (χ3v) is 6.30. The molecule has 0 bridgehead atoms. The number of pyridine rings is 1. The van der Waals surface area contributed by atoms with Gasteiger partial charge in [0.05, 0.1) is 12.7 Å². The summed E-state index contributed by atoms with van der Waals surface area (Å²) in [6, 6.07) is 0.920. The molecule has 3 atom stereocenters. The number of methoxy groups -OCH3 is 1. The van der Waals surface area contributed by atoms with Gasteiger partial charge in [-0.05, 0) is 70.9 Å². The van der Waals surface area contributed by atoms with Gasteiger partial charge in [0.2, 0.25) is 5.91 Å². The molecule has 0 spiro atoms. The standard InChI is InChI=1S/C36H49N3O6/c1-5-6-7-8-9-10-11-12-13-14-15-16-17-18-19-20-21-22-23-26-32(40)38-29(2)35(42)45-30(3)33(36(43)44-4)39-34(41)31-25-24-27-37-28-31/h6-7,9-10,12-13,15-16,18-19,21-22,24-25,27-30,33H,5,8,11,14,17,20,23,26H2,1-4H3,(H,38,40)(H,39,41)/b7-6-,10-9-,13-12-,16-15-,19-18-,22-21-/t29-,30-,33-/m0/s1. The van der Waals surface area contributed by atoms with E-state index in [2.05, 4.69) is 83.3 Å². The summed E-state index contributed by atoms with van der Waals surface area (Å²) >= 11 is 0. The van der Waals surface area contributed by atoms with Crippen LogP contribution in [0.5, 0.6) is 0 Å². The SMILES string of the molecule is CC/C=C\C/C=C\C/C=C\C/C=C\C/C=C\C/C=C\CCC(=O)N[C@@H](C)C(=O)O[C@@H](C)[C@H](NC(=O)c1cccnc1)C(=O)OC. The van der Waals surface area contributed by atoms with Gasteiger partial charge in [0.15, 0.2) is 6.04 Å². The van der Waals surface area contributed by atoms with E-state index in [0.29, 0.717) is 6.42 Å². The molecule has 2 N–H and O–H groups in total. The summed E-state index contributed by atoms with van der Waals surface area (Å²) in [5.41, 5.74) is 0.234. The molecule has 0 fully saturated rings. The molecule has 0 aliphatic rings. The predicted molar refractivity (Wildman–Crippen MR) is 178 cm³/mol. The van der Waals surface area contributed by atoms with E-state index in [1.54, 1.807) is 6.07 Å². The van der Waals surface area contributed by atoms with Crippen molar-refractivity contribution in [2.45, 2.75) is 90.3 Å². The highest BCUT2D eigenvalue weighted by atomic mass is 16.6. The molecular formula is C36H49N3O6. The molecule has 0 saturated heterocycles. The lowest BCUT2D eigenvalue weighted by atomic mass is 10.1. The maximum absolute atomic E-state index is 12.6. The maximum Gasteiger partial charge on any atom is 0.332 e. The summed E-state index contributed by atoms with van der Waals surface area (Å²) < 4.78 is 10.1. The Bertz CT molecular complexity index is 1200. The number of rotatable bonds is 21. The van der Waals surface area contributed by atoms with Crippen LogP contribution in [-0.2, 0) is 23.9 Å². The normalized spacial score (nSPS) is 14.0. The monoisotopic (exact) mass is 619 g/mol. The number of esters is 2. The van der Waals surface area contributed by atoms with Gasteiger partial charge < -0.3 is 20.1 Å². The molecule has 0 radical (unpaired) electrons. The number of allylic oxidation sites excluding steroid dienone is 12. The molecule has 2 amide bonds. The topological polar surface area (TPSA) is 124 Å². The number of nitrogens with zero attached hydrogens (tertiary/aromatic N) is 1. The van der Waals surface area contributed by atoms with Crippen LogP contribution in [0.4, 0.5) is 0 Å². The molecule has 0 aliphatic heterocycles. The largest absolute Gasteiger partial charge is 0.467 e. The molecule has 244 valence electrons. The van der Waals surface area contributed by atoms with Crippen molar-refractivity contribution in [2.24, 2.45) is 0 Å². The first-order valence-corrected chi connectivity index (χ1v) is 15.5. The number of aromatic nitrogens is 1. The van der Waals surface area contributed by atoms with Crippen LogP contribution in [0.1, 0.15) is 82.5 Å². The lowest BCUT2D eigenvalue weighted by molar-refractivity contribution is -0.158. The zero-order valence-electron chi connectivity index (χ0n) is 27.0. The highest BCUT2D eigenvalue weighted by Crippen LogP contribution is 2.07. The molecule has 1 aromatic rings. The van der Waals surface area contributed by atoms with Gasteiger partial charge in [0, 0.05) is 18.8 Å². The molecule has 1 heterocycles.